The number of unbranched alkanes of at least 4 members (excludes halogenated alkanes) is 1. The van der Waals surface area contributed by atoms with E-state index in [1.807, 2.05) is 24.3 Å². The minimum absolute atomic E-state index is 0.146. The second-order valence-electron chi connectivity index (χ2n) is 4.65. The number of ketones is 1. The van der Waals surface area contributed by atoms with E-state index < -0.39 is 0 Å². The van der Waals surface area contributed by atoms with Crippen LogP contribution in [0.15, 0.2) is 24.3 Å². The Labute approximate surface area is 115 Å². The minimum Gasteiger partial charge on any atom is -0.469 e. The van der Waals surface area contributed by atoms with Crippen molar-refractivity contribution in [2.45, 2.75) is 45.4 Å². The molecule has 3 heteroatoms. The lowest BCUT2D eigenvalue weighted by Crippen LogP contribution is -2.02. The van der Waals surface area contributed by atoms with Crippen LogP contribution in [-0.2, 0) is 16.0 Å². The molecule has 0 N–H and O–H groups in total. The number of aryl methyl sites for hydroxylation is 1. The first-order valence-electron chi connectivity index (χ1n) is 6.86. The number of carbonyl (C=O) groups is 2. The zero-order chi connectivity index (χ0) is 14.1. The van der Waals surface area contributed by atoms with E-state index in [0.29, 0.717) is 19.3 Å². The number of carbonyl (C=O) groups excluding carboxylic acids is 2. The number of Topliss-reactive ketones (excluding diaryl/α,β-unsaturated/α-hetero) is 1. The van der Waals surface area contributed by atoms with Gasteiger partial charge in [0.1, 0.15) is 0 Å². The van der Waals surface area contributed by atoms with Crippen molar-refractivity contribution in [2.24, 2.45) is 0 Å². The van der Waals surface area contributed by atoms with Crippen molar-refractivity contribution in [1.29, 1.82) is 0 Å². The van der Waals surface area contributed by atoms with Gasteiger partial charge in [-0.2, -0.15) is 0 Å². The third-order valence-electron chi connectivity index (χ3n) is 3.08. The van der Waals surface area contributed by atoms with Crippen LogP contribution in [0, 0.1) is 0 Å². The molecule has 0 saturated carbocycles. The maximum atomic E-state index is 11.9. The van der Waals surface area contributed by atoms with E-state index in [4.69, 9.17) is 0 Å². The fourth-order valence-electron chi connectivity index (χ4n) is 1.95. The van der Waals surface area contributed by atoms with Gasteiger partial charge in [-0.05, 0) is 24.8 Å². The minimum atomic E-state index is -0.212. The summed E-state index contributed by atoms with van der Waals surface area (Å²) >= 11 is 0. The highest BCUT2D eigenvalue weighted by atomic mass is 16.5. The van der Waals surface area contributed by atoms with Gasteiger partial charge in [-0.15, -0.1) is 0 Å². The van der Waals surface area contributed by atoms with Crippen molar-refractivity contribution in [2.75, 3.05) is 7.11 Å². The second kappa shape index (κ2) is 8.46. The molecule has 104 valence electrons. The molecule has 0 amide bonds. The van der Waals surface area contributed by atoms with Crippen LogP contribution in [0.2, 0.25) is 0 Å². The van der Waals surface area contributed by atoms with Crippen LogP contribution in [0.5, 0.6) is 0 Å². The van der Waals surface area contributed by atoms with Gasteiger partial charge in [0.25, 0.3) is 0 Å². The quantitative estimate of drug-likeness (QED) is 0.409. The van der Waals surface area contributed by atoms with Crippen molar-refractivity contribution in [1.82, 2.24) is 0 Å². The molecule has 1 rings (SSSR count). The predicted molar refractivity (Wildman–Crippen MR) is 75.3 cm³/mol. The average Bonchev–Trinajstić information content (AvgIpc) is 2.44. The number of rotatable bonds is 8. The maximum Gasteiger partial charge on any atom is 0.305 e. The summed E-state index contributed by atoms with van der Waals surface area (Å²) < 4.78 is 4.55. The topological polar surface area (TPSA) is 43.4 Å². The van der Waals surface area contributed by atoms with E-state index in [1.165, 1.54) is 12.7 Å². The smallest absolute Gasteiger partial charge is 0.305 e. The molecule has 1 aromatic rings. The monoisotopic (exact) mass is 262 g/mol. The van der Waals surface area contributed by atoms with Crippen molar-refractivity contribution in [3.63, 3.8) is 0 Å². The molecule has 0 aliphatic rings. The normalized spacial score (nSPS) is 10.2. The third kappa shape index (κ3) is 5.69. The third-order valence-corrected chi connectivity index (χ3v) is 3.08. The second-order valence-corrected chi connectivity index (χ2v) is 4.65. The molecule has 0 saturated heterocycles. The first kappa shape index (κ1) is 15.4. The molecular weight excluding hydrogens is 240 g/mol. The van der Waals surface area contributed by atoms with Crippen LogP contribution in [0.4, 0.5) is 0 Å². The molecule has 0 spiro atoms. The number of hydrogen-bond donors (Lipinski definition) is 0. The molecule has 0 aromatic heterocycles. The zero-order valence-corrected chi connectivity index (χ0v) is 11.8. The largest absolute Gasteiger partial charge is 0.469 e. The molecular formula is C16H22O3. The molecule has 0 atom stereocenters. The molecule has 0 heterocycles. The van der Waals surface area contributed by atoms with Crippen molar-refractivity contribution >= 4 is 11.8 Å². The number of esters is 1. The molecule has 1 aromatic carbocycles. The highest BCUT2D eigenvalue weighted by Crippen LogP contribution is 2.11. The number of methoxy groups -OCH3 is 1. The molecule has 0 unspecified atom stereocenters. The first-order valence-corrected chi connectivity index (χ1v) is 6.86. The Hall–Kier alpha value is -1.64. The Morgan fingerprint density at radius 1 is 1.05 bits per heavy atom. The van der Waals surface area contributed by atoms with E-state index in [9.17, 15) is 9.59 Å². The lowest BCUT2D eigenvalue weighted by atomic mass is 10.0. The summed E-state index contributed by atoms with van der Waals surface area (Å²) in [7, 11) is 1.38. The molecule has 19 heavy (non-hydrogen) atoms. The highest BCUT2D eigenvalue weighted by molar-refractivity contribution is 5.96. The summed E-state index contributed by atoms with van der Waals surface area (Å²) in [4.78, 5) is 22.8. The van der Waals surface area contributed by atoms with Crippen LogP contribution in [0.25, 0.3) is 0 Å². The summed E-state index contributed by atoms with van der Waals surface area (Å²) in [5.41, 5.74) is 2.03. The predicted octanol–water partition coefficient (Wildman–Crippen LogP) is 3.56. The van der Waals surface area contributed by atoms with Crippen LogP contribution in [0.3, 0.4) is 0 Å². The van der Waals surface area contributed by atoms with Gasteiger partial charge in [0.05, 0.1) is 7.11 Å². The van der Waals surface area contributed by atoms with Crippen LogP contribution < -0.4 is 0 Å². The van der Waals surface area contributed by atoms with E-state index >= 15 is 0 Å². The summed E-state index contributed by atoms with van der Waals surface area (Å²) in [5, 5.41) is 0. The van der Waals surface area contributed by atoms with E-state index in [2.05, 4.69) is 11.7 Å². The number of benzene rings is 1. The van der Waals surface area contributed by atoms with Crippen LogP contribution >= 0.6 is 0 Å². The lowest BCUT2D eigenvalue weighted by Gasteiger charge is -2.03. The fraction of sp³-hybridized carbons (Fsp3) is 0.500. The summed E-state index contributed by atoms with van der Waals surface area (Å²) in [6, 6.07) is 7.83. The van der Waals surface area contributed by atoms with E-state index in [0.717, 1.165) is 24.8 Å². The highest BCUT2D eigenvalue weighted by Gasteiger charge is 2.06. The van der Waals surface area contributed by atoms with Gasteiger partial charge >= 0.3 is 5.97 Å². The zero-order valence-electron chi connectivity index (χ0n) is 11.8. The van der Waals surface area contributed by atoms with Gasteiger partial charge < -0.3 is 4.74 Å². The SMILES string of the molecule is CCCc1ccc(C(=O)CCCCC(=O)OC)cc1. The number of hydrogen-bond acceptors (Lipinski definition) is 3. The van der Waals surface area contributed by atoms with Gasteiger partial charge in [-0.3, -0.25) is 9.59 Å². The summed E-state index contributed by atoms with van der Waals surface area (Å²) in [5.74, 6) is -0.0655. The fourth-order valence-corrected chi connectivity index (χ4v) is 1.95. The standard InChI is InChI=1S/C16H22O3/c1-3-6-13-9-11-14(12-10-13)15(17)7-4-5-8-16(18)19-2/h9-12H,3-8H2,1-2H3. The Kier molecular flexibility index (Phi) is 6.86. The van der Waals surface area contributed by atoms with Gasteiger partial charge in [-0.1, -0.05) is 37.6 Å². The molecule has 0 bridgehead atoms. The molecule has 0 aliphatic heterocycles. The Morgan fingerprint density at radius 2 is 1.68 bits per heavy atom. The van der Waals surface area contributed by atoms with Gasteiger partial charge in [0.15, 0.2) is 5.78 Å². The summed E-state index contributed by atoms with van der Waals surface area (Å²) in [6.07, 6.45) is 4.47. The van der Waals surface area contributed by atoms with Crippen LogP contribution in [-0.4, -0.2) is 18.9 Å². The Morgan fingerprint density at radius 3 is 2.26 bits per heavy atom. The Balaban J connectivity index is 2.34. The summed E-state index contributed by atoms with van der Waals surface area (Å²) in [6.45, 7) is 2.14. The van der Waals surface area contributed by atoms with E-state index in [1.54, 1.807) is 0 Å². The molecule has 0 fully saturated rings. The molecule has 3 nitrogen and oxygen atoms in total. The van der Waals surface area contributed by atoms with E-state index in [-0.39, 0.29) is 11.8 Å². The lowest BCUT2D eigenvalue weighted by molar-refractivity contribution is -0.140. The van der Waals surface area contributed by atoms with Crippen molar-refractivity contribution in [3.05, 3.63) is 35.4 Å². The van der Waals surface area contributed by atoms with Crippen molar-refractivity contribution < 1.29 is 14.3 Å². The van der Waals surface area contributed by atoms with Crippen LogP contribution in [0.1, 0.15) is 54.9 Å². The van der Waals surface area contributed by atoms with Gasteiger partial charge in [-0.25, -0.2) is 0 Å². The molecule has 0 radical (unpaired) electrons. The maximum absolute atomic E-state index is 11.9. The Bertz CT molecular complexity index is 407. The van der Waals surface area contributed by atoms with Crippen molar-refractivity contribution in [3.8, 4) is 0 Å². The average molecular weight is 262 g/mol. The molecule has 0 aliphatic carbocycles. The number of ether oxygens (including phenoxy) is 1. The van der Waals surface area contributed by atoms with Gasteiger partial charge in [0.2, 0.25) is 0 Å². The van der Waals surface area contributed by atoms with Gasteiger partial charge in [0, 0.05) is 18.4 Å². The first-order chi connectivity index (χ1) is 9.17.